The van der Waals surface area contributed by atoms with Crippen LogP contribution in [0.1, 0.15) is 39.9 Å². The first-order chi connectivity index (χ1) is 19.1. The lowest BCUT2D eigenvalue weighted by molar-refractivity contribution is -0.384. The second-order valence-corrected chi connectivity index (χ2v) is 9.57. The highest BCUT2D eigenvalue weighted by atomic mass is 16.6. The minimum Gasteiger partial charge on any atom is -0.480 e. The van der Waals surface area contributed by atoms with Crippen molar-refractivity contribution in [2.24, 2.45) is 0 Å². The fourth-order valence-corrected chi connectivity index (χ4v) is 4.58. The molecule has 2 atom stereocenters. The number of aryl methyl sites for hydroxylation is 1. The Labute approximate surface area is 230 Å². The first-order valence-corrected chi connectivity index (χ1v) is 12.6. The van der Waals surface area contributed by atoms with E-state index in [2.05, 4.69) is 10.6 Å². The molecule has 0 bridgehead atoms. The predicted molar refractivity (Wildman–Crippen MR) is 146 cm³/mol. The number of carboxylic acids is 1. The molecular weight excluding hydrogens is 516 g/mol. The lowest BCUT2D eigenvalue weighted by Crippen LogP contribution is -2.50. The van der Waals surface area contributed by atoms with Crippen LogP contribution in [0.2, 0.25) is 0 Å². The summed E-state index contributed by atoms with van der Waals surface area (Å²) in [6.45, 7) is 1.93. The van der Waals surface area contributed by atoms with E-state index in [4.69, 9.17) is 0 Å². The van der Waals surface area contributed by atoms with Crippen LogP contribution in [0.5, 0.6) is 0 Å². The topological polar surface area (TPSA) is 159 Å². The lowest BCUT2D eigenvalue weighted by atomic mass is 10.0. The van der Waals surface area contributed by atoms with Crippen molar-refractivity contribution in [2.75, 3.05) is 5.32 Å². The molecule has 1 aliphatic heterocycles. The largest absolute Gasteiger partial charge is 0.480 e. The van der Waals surface area contributed by atoms with Gasteiger partial charge in [-0.25, -0.2) is 4.79 Å². The van der Waals surface area contributed by atoms with E-state index in [1.165, 1.54) is 23.1 Å². The van der Waals surface area contributed by atoms with Gasteiger partial charge in [0.25, 0.3) is 11.6 Å². The summed E-state index contributed by atoms with van der Waals surface area (Å²) in [7, 11) is 0. The molecule has 1 unspecified atom stereocenters. The van der Waals surface area contributed by atoms with Crippen molar-refractivity contribution < 1.29 is 29.2 Å². The summed E-state index contributed by atoms with van der Waals surface area (Å²) < 4.78 is 0. The number of carbonyl (C=O) groups is 4. The predicted octanol–water partition coefficient (Wildman–Crippen LogP) is 3.46. The normalized spacial score (nSPS) is 15.4. The molecule has 0 saturated carbocycles. The number of rotatable bonds is 10. The number of non-ortho nitro benzene ring substituents is 1. The fourth-order valence-electron chi connectivity index (χ4n) is 4.58. The first-order valence-electron chi connectivity index (χ1n) is 12.6. The summed E-state index contributed by atoms with van der Waals surface area (Å²) in [6, 6.07) is 17.7. The number of benzene rings is 3. The van der Waals surface area contributed by atoms with E-state index in [9.17, 15) is 34.4 Å². The van der Waals surface area contributed by atoms with Crippen LogP contribution in [0.15, 0.2) is 72.8 Å². The SMILES string of the molecule is Cc1ccc([N+](=O)[O-])cc1C(=O)Nc1ccc(C[C@H](NC(=O)C2CCC(=O)N2Cc2ccccc2)C(=O)O)cc1. The zero-order valence-electron chi connectivity index (χ0n) is 21.7. The van der Waals surface area contributed by atoms with Crippen LogP contribution in [0, 0.1) is 17.0 Å². The number of hydrogen-bond acceptors (Lipinski definition) is 6. The maximum atomic E-state index is 13.0. The van der Waals surface area contributed by atoms with Crippen molar-refractivity contribution in [3.8, 4) is 0 Å². The van der Waals surface area contributed by atoms with Crippen LogP contribution in [0.4, 0.5) is 11.4 Å². The fraction of sp³-hybridized carbons (Fsp3) is 0.241. The smallest absolute Gasteiger partial charge is 0.326 e. The van der Waals surface area contributed by atoms with Gasteiger partial charge >= 0.3 is 5.97 Å². The average molecular weight is 545 g/mol. The molecule has 0 spiro atoms. The number of likely N-dealkylation sites (tertiary alicyclic amines) is 1. The number of nitrogens with one attached hydrogen (secondary N) is 2. The van der Waals surface area contributed by atoms with Crippen LogP contribution in [0.3, 0.4) is 0 Å². The Morgan fingerprint density at radius 1 is 1.05 bits per heavy atom. The Hall–Kier alpha value is -5.06. The molecule has 0 radical (unpaired) electrons. The van der Waals surface area contributed by atoms with Gasteiger partial charge in [-0.05, 0) is 42.2 Å². The molecule has 3 aromatic carbocycles. The molecule has 1 aliphatic rings. The Bertz CT molecular complexity index is 1440. The van der Waals surface area contributed by atoms with Crippen LogP contribution in [-0.4, -0.2) is 50.7 Å². The van der Waals surface area contributed by atoms with Gasteiger partial charge in [-0.1, -0.05) is 48.5 Å². The van der Waals surface area contributed by atoms with Crippen LogP contribution in [-0.2, 0) is 27.3 Å². The van der Waals surface area contributed by atoms with Crippen molar-refractivity contribution in [1.29, 1.82) is 0 Å². The number of carbonyl (C=O) groups excluding carboxylic acids is 3. The Morgan fingerprint density at radius 2 is 1.75 bits per heavy atom. The number of nitro benzene ring substituents is 1. The second-order valence-electron chi connectivity index (χ2n) is 9.57. The van der Waals surface area contributed by atoms with E-state index in [-0.39, 0.29) is 36.5 Å². The average Bonchev–Trinajstić information content (AvgIpc) is 3.29. The molecule has 11 nitrogen and oxygen atoms in total. The number of aliphatic carboxylic acids is 1. The number of carboxylic acid groups (broad SMARTS) is 1. The van der Waals surface area contributed by atoms with Crippen LogP contribution < -0.4 is 10.6 Å². The maximum Gasteiger partial charge on any atom is 0.326 e. The monoisotopic (exact) mass is 544 g/mol. The third kappa shape index (κ3) is 6.68. The van der Waals surface area contributed by atoms with Crippen molar-refractivity contribution in [3.63, 3.8) is 0 Å². The molecule has 4 rings (SSSR count). The van der Waals surface area contributed by atoms with Crippen molar-refractivity contribution in [3.05, 3.63) is 105 Å². The molecule has 3 aromatic rings. The molecule has 1 fully saturated rings. The van der Waals surface area contributed by atoms with E-state index >= 15 is 0 Å². The van der Waals surface area contributed by atoms with E-state index in [0.717, 1.165) is 5.56 Å². The van der Waals surface area contributed by atoms with Gasteiger partial charge in [0.2, 0.25) is 11.8 Å². The highest BCUT2D eigenvalue weighted by Crippen LogP contribution is 2.23. The third-order valence-corrected chi connectivity index (χ3v) is 6.77. The number of nitro groups is 1. The number of hydrogen-bond donors (Lipinski definition) is 3. The molecule has 3 N–H and O–H groups in total. The summed E-state index contributed by atoms with van der Waals surface area (Å²) in [5.41, 5.74) is 2.43. The molecule has 1 saturated heterocycles. The first kappa shape index (κ1) is 28.0. The standard InChI is InChI=1S/C29H28N4O7/c1-18-7-12-22(33(39)40)16-23(18)27(35)30-21-10-8-19(9-11-21)15-24(29(37)38)31-28(36)25-13-14-26(34)32(25)17-20-5-3-2-4-6-20/h2-12,16,24-25H,13-15,17H2,1H3,(H,30,35)(H,31,36)(H,37,38)/t24-,25?/m0/s1. The van der Waals surface area contributed by atoms with Gasteiger partial charge in [0.05, 0.1) is 4.92 Å². The minimum absolute atomic E-state index is 0.0152. The zero-order valence-corrected chi connectivity index (χ0v) is 21.7. The quantitative estimate of drug-likeness (QED) is 0.260. The molecule has 3 amide bonds. The highest BCUT2D eigenvalue weighted by molar-refractivity contribution is 6.05. The third-order valence-electron chi connectivity index (χ3n) is 6.77. The number of nitrogens with zero attached hydrogens (tertiary/aromatic N) is 2. The van der Waals surface area contributed by atoms with E-state index in [0.29, 0.717) is 23.2 Å². The van der Waals surface area contributed by atoms with Crippen molar-refractivity contribution >= 4 is 35.1 Å². The van der Waals surface area contributed by atoms with Gasteiger partial charge < -0.3 is 20.6 Å². The van der Waals surface area contributed by atoms with E-state index in [1.54, 1.807) is 31.2 Å². The van der Waals surface area contributed by atoms with Gasteiger partial charge in [-0.15, -0.1) is 0 Å². The van der Waals surface area contributed by atoms with Crippen molar-refractivity contribution in [2.45, 2.75) is 44.8 Å². The molecule has 11 heteroatoms. The summed E-state index contributed by atoms with van der Waals surface area (Å²) in [6.07, 6.45) is 0.507. The molecule has 1 heterocycles. The summed E-state index contributed by atoms with van der Waals surface area (Å²) in [5, 5.41) is 26.1. The van der Waals surface area contributed by atoms with E-state index < -0.39 is 34.8 Å². The Balaban J connectivity index is 1.39. The zero-order chi connectivity index (χ0) is 28.8. The Kier molecular flexibility index (Phi) is 8.53. The maximum absolute atomic E-state index is 13.0. The summed E-state index contributed by atoms with van der Waals surface area (Å²) in [4.78, 5) is 62.1. The molecule has 0 aliphatic carbocycles. The highest BCUT2D eigenvalue weighted by Gasteiger charge is 2.37. The molecule has 40 heavy (non-hydrogen) atoms. The van der Waals surface area contributed by atoms with Crippen LogP contribution >= 0.6 is 0 Å². The molecule has 0 aromatic heterocycles. The minimum atomic E-state index is -1.23. The van der Waals surface area contributed by atoms with Gasteiger partial charge in [0, 0.05) is 42.8 Å². The number of amides is 3. The van der Waals surface area contributed by atoms with Crippen LogP contribution in [0.25, 0.3) is 0 Å². The van der Waals surface area contributed by atoms with Gasteiger partial charge in [-0.2, -0.15) is 0 Å². The molecular formula is C29H28N4O7. The van der Waals surface area contributed by atoms with E-state index in [1.807, 2.05) is 30.3 Å². The Morgan fingerprint density at radius 3 is 2.40 bits per heavy atom. The van der Waals surface area contributed by atoms with Crippen molar-refractivity contribution in [1.82, 2.24) is 10.2 Å². The summed E-state index contributed by atoms with van der Waals surface area (Å²) in [5.74, 6) is -2.42. The van der Waals surface area contributed by atoms with Gasteiger partial charge in [0.15, 0.2) is 0 Å². The van der Waals surface area contributed by atoms with Gasteiger partial charge in [0.1, 0.15) is 12.1 Å². The summed E-state index contributed by atoms with van der Waals surface area (Å²) >= 11 is 0. The lowest BCUT2D eigenvalue weighted by Gasteiger charge is -2.26. The van der Waals surface area contributed by atoms with Gasteiger partial charge in [-0.3, -0.25) is 24.5 Å². The molecule has 206 valence electrons. The number of anilines is 1. The second kappa shape index (κ2) is 12.2.